The second kappa shape index (κ2) is 9.18. The SMILES string of the molecule is CCNC(=NCc1ccnc2ccccc12)NCC(C)(C)N1CCCCC1. The van der Waals surface area contributed by atoms with E-state index < -0.39 is 0 Å². The zero-order valence-electron chi connectivity index (χ0n) is 17.0. The number of hydrogen-bond acceptors (Lipinski definition) is 3. The Morgan fingerprint density at radius 1 is 1.11 bits per heavy atom. The number of benzene rings is 1. The Morgan fingerprint density at radius 2 is 1.89 bits per heavy atom. The molecule has 0 saturated carbocycles. The lowest BCUT2D eigenvalue weighted by molar-refractivity contribution is 0.0982. The van der Waals surface area contributed by atoms with E-state index >= 15 is 0 Å². The van der Waals surface area contributed by atoms with Gasteiger partial charge in [-0.3, -0.25) is 9.88 Å². The van der Waals surface area contributed by atoms with Gasteiger partial charge in [-0.2, -0.15) is 0 Å². The number of likely N-dealkylation sites (tertiary alicyclic amines) is 1. The number of pyridine rings is 1. The van der Waals surface area contributed by atoms with Gasteiger partial charge in [0, 0.05) is 30.2 Å². The minimum Gasteiger partial charge on any atom is -0.357 e. The summed E-state index contributed by atoms with van der Waals surface area (Å²) in [5.41, 5.74) is 2.35. The van der Waals surface area contributed by atoms with Crippen molar-refractivity contribution in [1.29, 1.82) is 0 Å². The molecule has 2 heterocycles. The lowest BCUT2D eigenvalue weighted by Gasteiger charge is -2.41. The normalized spacial score (nSPS) is 16.5. The number of guanidine groups is 1. The lowest BCUT2D eigenvalue weighted by Crippen LogP contribution is -2.54. The highest BCUT2D eigenvalue weighted by atomic mass is 15.2. The number of para-hydroxylation sites is 1. The van der Waals surface area contributed by atoms with Gasteiger partial charge in [0.1, 0.15) is 0 Å². The Hall–Kier alpha value is -2.14. The molecule has 1 aromatic heterocycles. The van der Waals surface area contributed by atoms with Gasteiger partial charge in [-0.25, -0.2) is 4.99 Å². The third kappa shape index (κ3) is 5.19. The Bertz CT molecular complexity index is 757. The number of nitrogens with one attached hydrogen (secondary N) is 2. The largest absolute Gasteiger partial charge is 0.357 e. The summed E-state index contributed by atoms with van der Waals surface area (Å²) in [6, 6.07) is 10.3. The predicted octanol–water partition coefficient (Wildman–Crippen LogP) is 3.55. The number of aromatic nitrogens is 1. The Balaban J connectivity index is 1.67. The van der Waals surface area contributed by atoms with Gasteiger partial charge in [0.2, 0.25) is 0 Å². The third-order valence-corrected chi connectivity index (χ3v) is 5.39. The molecule has 1 fully saturated rings. The molecule has 0 unspecified atom stereocenters. The summed E-state index contributed by atoms with van der Waals surface area (Å²) >= 11 is 0. The van der Waals surface area contributed by atoms with Gasteiger partial charge >= 0.3 is 0 Å². The fraction of sp³-hybridized carbons (Fsp3) is 0.545. The molecule has 1 saturated heterocycles. The average Bonchev–Trinajstić information content (AvgIpc) is 2.71. The molecule has 146 valence electrons. The molecule has 27 heavy (non-hydrogen) atoms. The van der Waals surface area contributed by atoms with Crippen LogP contribution in [0.25, 0.3) is 10.9 Å². The van der Waals surface area contributed by atoms with Crippen LogP contribution in [0.5, 0.6) is 0 Å². The van der Waals surface area contributed by atoms with Crippen LogP contribution in [0.2, 0.25) is 0 Å². The van der Waals surface area contributed by atoms with Gasteiger partial charge in [-0.15, -0.1) is 0 Å². The van der Waals surface area contributed by atoms with Gasteiger partial charge < -0.3 is 10.6 Å². The van der Waals surface area contributed by atoms with Crippen molar-refractivity contribution in [3.8, 4) is 0 Å². The van der Waals surface area contributed by atoms with E-state index in [1.54, 1.807) is 0 Å². The molecule has 1 aliphatic rings. The zero-order chi connectivity index (χ0) is 19.1. The zero-order valence-corrected chi connectivity index (χ0v) is 17.0. The second-order valence-electron chi connectivity index (χ2n) is 7.90. The van der Waals surface area contributed by atoms with Crippen molar-refractivity contribution < 1.29 is 0 Å². The topological polar surface area (TPSA) is 52.6 Å². The van der Waals surface area contributed by atoms with E-state index in [1.807, 2.05) is 18.3 Å². The van der Waals surface area contributed by atoms with Crippen LogP contribution in [0, 0.1) is 0 Å². The van der Waals surface area contributed by atoms with E-state index in [1.165, 1.54) is 43.3 Å². The predicted molar refractivity (Wildman–Crippen MR) is 114 cm³/mol. The summed E-state index contributed by atoms with van der Waals surface area (Å²) in [7, 11) is 0. The number of rotatable bonds is 6. The smallest absolute Gasteiger partial charge is 0.191 e. The van der Waals surface area contributed by atoms with Crippen LogP contribution in [0.1, 0.15) is 45.6 Å². The first-order valence-corrected chi connectivity index (χ1v) is 10.2. The average molecular weight is 368 g/mol. The van der Waals surface area contributed by atoms with Gasteiger partial charge in [0.15, 0.2) is 5.96 Å². The fourth-order valence-corrected chi connectivity index (χ4v) is 3.71. The van der Waals surface area contributed by atoms with Crippen molar-refractivity contribution in [2.45, 2.75) is 52.1 Å². The van der Waals surface area contributed by atoms with Gasteiger partial charge in [-0.1, -0.05) is 24.6 Å². The van der Waals surface area contributed by atoms with Gasteiger partial charge in [-0.05, 0) is 64.4 Å². The first kappa shape index (κ1) is 19.6. The highest BCUT2D eigenvalue weighted by Gasteiger charge is 2.27. The van der Waals surface area contributed by atoms with E-state index in [9.17, 15) is 0 Å². The molecule has 0 radical (unpaired) electrons. The Kier molecular flexibility index (Phi) is 6.67. The molecule has 1 aromatic carbocycles. The van der Waals surface area contributed by atoms with E-state index in [0.29, 0.717) is 6.54 Å². The highest BCUT2D eigenvalue weighted by Crippen LogP contribution is 2.20. The van der Waals surface area contributed by atoms with E-state index in [-0.39, 0.29) is 5.54 Å². The van der Waals surface area contributed by atoms with Crippen LogP contribution in [0.4, 0.5) is 0 Å². The van der Waals surface area contributed by atoms with Crippen molar-refractivity contribution in [2.24, 2.45) is 4.99 Å². The maximum absolute atomic E-state index is 4.83. The van der Waals surface area contributed by atoms with Crippen molar-refractivity contribution >= 4 is 16.9 Å². The maximum atomic E-state index is 4.83. The number of piperidine rings is 1. The number of nitrogens with zero attached hydrogens (tertiary/aromatic N) is 3. The van der Waals surface area contributed by atoms with E-state index in [4.69, 9.17) is 4.99 Å². The number of fused-ring (bicyclic) bond motifs is 1. The molecule has 1 aliphatic heterocycles. The third-order valence-electron chi connectivity index (χ3n) is 5.39. The minimum absolute atomic E-state index is 0.125. The van der Waals surface area contributed by atoms with Gasteiger partial charge in [0.05, 0.1) is 12.1 Å². The van der Waals surface area contributed by atoms with Crippen LogP contribution in [-0.2, 0) is 6.54 Å². The van der Waals surface area contributed by atoms with E-state index in [2.05, 4.69) is 59.5 Å². The van der Waals surface area contributed by atoms with Crippen LogP contribution >= 0.6 is 0 Å². The monoisotopic (exact) mass is 367 g/mol. The molecule has 5 nitrogen and oxygen atoms in total. The van der Waals surface area contributed by atoms with Gasteiger partial charge in [0.25, 0.3) is 0 Å². The summed E-state index contributed by atoms with van der Waals surface area (Å²) in [5, 5.41) is 8.11. The molecular formula is C22H33N5. The van der Waals surface area contributed by atoms with Crippen LogP contribution in [-0.4, -0.2) is 47.6 Å². The van der Waals surface area contributed by atoms with Crippen LogP contribution < -0.4 is 10.6 Å². The number of aliphatic imine (C=N–C) groups is 1. The Labute approximate surface area is 163 Å². The van der Waals surface area contributed by atoms with E-state index in [0.717, 1.165) is 24.6 Å². The molecule has 0 spiro atoms. The summed E-state index contributed by atoms with van der Waals surface area (Å²) in [6.45, 7) is 11.5. The second-order valence-corrected chi connectivity index (χ2v) is 7.90. The molecule has 0 amide bonds. The molecule has 2 aromatic rings. The number of hydrogen-bond donors (Lipinski definition) is 2. The highest BCUT2D eigenvalue weighted by molar-refractivity contribution is 5.83. The summed E-state index contributed by atoms with van der Waals surface area (Å²) in [5.74, 6) is 0.878. The minimum atomic E-state index is 0.125. The maximum Gasteiger partial charge on any atom is 0.191 e. The summed E-state index contributed by atoms with van der Waals surface area (Å²) in [6.07, 6.45) is 5.86. The Morgan fingerprint density at radius 3 is 2.67 bits per heavy atom. The van der Waals surface area contributed by atoms with Crippen molar-refractivity contribution in [3.63, 3.8) is 0 Å². The van der Waals surface area contributed by atoms with Crippen LogP contribution in [0.3, 0.4) is 0 Å². The molecule has 5 heteroatoms. The first-order valence-electron chi connectivity index (χ1n) is 10.2. The summed E-state index contributed by atoms with van der Waals surface area (Å²) in [4.78, 5) is 11.9. The standard InChI is InChI=1S/C22H33N5/c1-4-23-21(26-17-22(2,3)27-14-8-5-9-15-27)25-16-18-12-13-24-20-11-7-6-10-19(18)20/h6-7,10-13H,4-5,8-9,14-17H2,1-3H3,(H2,23,25,26). The molecule has 0 aliphatic carbocycles. The molecule has 2 N–H and O–H groups in total. The molecular weight excluding hydrogens is 334 g/mol. The first-order chi connectivity index (χ1) is 13.1. The van der Waals surface area contributed by atoms with Crippen molar-refractivity contribution in [2.75, 3.05) is 26.2 Å². The molecule has 3 rings (SSSR count). The fourth-order valence-electron chi connectivity index (χ4n) is 3.71. The van der Waals surface area contributed by atoms with Crippen molar-refractivity contribution in [3.05, 3.63) is 42.1 Å². The summed E-state index contributed by atoms with van der Waals surface area (Å²) < 4.78 is 0. The quantitative estimate of drug-likeness (QED) is 0.605. The van der Waals surface area contributed by atoms with Crippen molar-refractivity contribution in [1.82, 2.24) is 20.5 Å². The van der Waals surface area contributed by atoms with Crippen LogP contribution in [0.15, 0.2) is 41.5 Å². The molecule has 0 atom stereocenters. The molecule has 0 bridgehead atoms. The lowest BCUT2D eigenvalue weighted by atomic mass is 9.98.